The lowest BCUT2D eigenvalue weighted by atomic mass is 10.2. The standard InChI is InChI=1S/C15H12N4O/c20-15(18-12-7-4-2-1-3-5-8-12)13-11-17-19-10-6-9-16-14(13)19/h1-7,9-11H,8H2. The van der Waals surface area contributed by atoms with E-state index in [4.69, 9.17) is 0 Å². The van der Waals surface area contributed by atoms with E-state index in [1.807, 2.05) is 36.5 Å². The minimum atomic E-state index is -0.323. The summed E-state index contributed by atoms with van der Waals surface area (Å²) in [6.07, 6.45) is 16.9. The minimum Gasteiger partial charge on any atom is -0.267 e. The van der Waals surface area contributed by atoms with Crippen LogP contribution in [0.1, 0.15) is 16.8 Å². The molecular formula is C15H12N4O. The molecule has 0 atom stereocenters. The topological polar surface area (TPSA) is 59.6 Å². The maximum Gasteiger partial charge on any atom is 0.282 e. The lowest BCUT2D eigenvalue weighted by Gasteiger charge is -1.98. The molecule has 1 aliphatic carbocycles. The van der Waals surface area contributed by atoms with Crippen LogP contribution >= 0.6 is 0 Å². The second-order valence-electron chi connectivity index (χ2n) is 4.23. The summed E-state index contributed by atoms with van der Waals surface area (Å²) in [6, 6.07) is 1.76. The lowest BCUT2D eigenvalue weighted by molar-refractivity contribution is 0.100. The Balaban J connectivity index is 1.94. The maximum atomic E-state index is 12.2. The van der Waals surface area contributed by atoms with Crippen LogP contribution < -0.4 is 0 Å². The Labute approximate surface area is 115 Å². The number of allylic oxidation sites excluding steroid dienone is 6. The zero-order chi connectivity index (χ0) is 13.8. The van der Waals surface area contributed by atoms with Gasteiger partial charge in [0.15, 0.2) is 5.65 Å². The van der Waals surface area contributed by atoms with Crippen molar-refractivity contribution in [1.82, 2.24) is 14.6 Å². The summed E-state index contributed by atoms with van der Waals surface area (Å²) in [5, 5.41) is 4.09. The molecule has 20 heavy (non-hydrogen) atoms. The summed E-state index contributed by atoms with van der Waals surface area (Å²) in [5.74, 6) is -0.323. The first kappa shape index (κ1) is 12.2. The summed E-state index contributed by atoms with van der Waals surface area (Å²) >= 11 is 0. The van der Waals surface area contributed by atoms with Crippen LogP contribution in [0.5, 0.6) is 0 Å². The minimum absolute atomic E-state index is 0.323. The Morgan fingerprint density at radius 2 is 2.15 bits per heavy atom. The molecule has 5 nitrogen and oxygen atoms in total. The summed E-state index contributed by atoms with van der Waals surface area (Å²) in [7, 11) is 0. The molecule has 0 aromatic carbocycles. The SMILES string of the molecule is O=C(N=C1C=CC=CC=CC1)c1cnn2cccnc12. The van der Waals surface area contributed by atoms with Gasteiger partial charge in [0.05, 0.1) is 6.20 Å². The summed E-state index contributed by atoms with van der Waals surface area (Å²) in [6.45, 7) is 0. The second-order valence-corrected chi connectivity index (χ2v) is 4.23. The van der Waals surface area contributed by atoms with Crippen LogP contribution in [0.3, 0.4) is 0 Å². The predicted molar refractivity (Wildman–Crippen MR) is 76.8 cm³/mol. The maximum absolute atomic E-state index is 12.2. The first-order valence-corrected chi connectivity index (χ1v) is 6.25. The van der Waals surface area contributed by atoms with Gasteiger partial charge in [0.1, 0.15) is 5.56 Å². The number of hydrogen-bond donors (Lipinski definition) is 0. The van der Waals surface area contributed by atoms with Gasteiger partial charge in [-0.3, -0.25) is 4.79 Å². The number of amides is 1. The van der Waals surface area contributed by atoms with E-state index in [2.05, 4.69) is 15.1 Å². The smallest absolute Gasteiger partial charge is 0.267 e. The number of hydrogen-bond acceptors (Lipinski definition) is 3. The van der Waals surface area contributed by atoms with Gasteiger partial charge >= 0.3 is 0 Å². The first-order valence-electron chi connectivity index (χ1n) is 6.25. The van der Waals surface area contributed by atoms with Crippen LogP contribution in [0, 0.1) is 0 Å². The van der Waals surface area contributed by atoms with Gasteiger partial charge in [0.2, 0.25) is 0 Å². The Morgan fingerprint density at radius 3 is 3.10 bits per heavy atom. The molecule has 0 saturated carbocycles. The van der Waals surface area contributed by atoms with Gasteiger partial charge in [0.25, 0.3) is 5.91 Å². The molecule has 5 heteroatoms. The third-order valence-electron chi connectivity index (χ3n) is 2.84. The molecular weight excluding hydrogens is 252 g/mol. The van der Waals surface area contributed by atoms with Gasteiger partial charge in [-0.05, 0) is 12.1 Å². The van der Waals surface area contributed by atoms with Crippen molar-refractivity contribution in [3.05, 3.63) is 66.7 Å². The van der Waals surface area contributed by atoms with Gasteiger partial charge < -0.3 is 0 Å². The van der Waals surface area contributed by atoms with Crippen LogP contribution in [-0.2, 0) is 0 Å². The molecule has 2 heterocycles. The van der Waals surface area contributed by atoms with Crippen LogP contribution in [0.2, 0.25) is 0 Å². The molecule has 2 aromatic heterocycles. The van der Waals surface area contributed by atoms with Gasteiger partial charge in [0, 0.05) is 24.5 Å². The molecule has 98 valence electrons. The number of aromatic nitrogens is 3. The average Bonchev–Trinajstić information content (AvgIpc) is 2.85. The highest BCUT2D eigenvalue weighted by atomic mass is 16.1. The van der Waals surface area contributed by atoms with E-state index in [0.29, 0.717) is 23.3 Å². The quantitative estimate of drug-likeness (QED) is 0.794. The zero-order valence-corrected chi connectivity index (χ0v) is 10.7. The van der Waals surface area contributed by atoms with E-state index >= 15 is 0 Å². The van der Waals surface area contributed by atoms with E-state index in [9.17, 15) is 4.79 Å². The van der Waals surface area contributed by atoms with Crippen molar-refractivity contribution in [2.45, 2.75) is 6.42 Å². The predicted octanol–water partition coefficient (Wildman–Crippen LogP) is 2.38. The summed E-state index contributed by atoms with van der Waals surface area (Å²) in [5.41, 5.74) is 1.64. The van der Waals surface area contributed by atoms with Gasteiger partial charge in [-0.1, -0.05) is 30.4 Å². The van der Waals surface area contributed by atoms with Crippen molar-refractivity contribution < 1.29 is 4.79 Å². The molecule has 1 aliphatic rings. The van der Waals surface area contributed by atoms with E-state index in [1.54, 1.807) is 23.0 Å². The third-order valence-corrected chi connectivity index (χ3v) is 2.84. The number of aliphatic imine (C=N–C) groups is 1. The van der Waals surface area contributed by atoms with Gasteiger partial charge in [-0.25, -0.2) is 14.5 Å². The van der Waals surface area contributed by atoms with E-state index in [-0.39, 0.29) is 5.91 Å². The first-order chi connectivity index (χ1) is 9.84. The third kappa shape index (κ3) is 2.47. The molecule has 0 fully saturated rings. The molecule has 0 unspecified atom stereocenters. The number of carbonyl (C=O) groups excluding carboxylic acids is 1. The Hall–Kier alpha value is -2.82. The van der Waals surface area contributed by atoms with Crippen LogP contribution in [0.4, 0.5) is 0 Å². The van der Waals surface area contributed by atoms with Crippen molar-refractivity contribution in [2.75, 3.05) is 0 Å². The molecule has 0 aliphatic heterocycles. The number of fused-ring (bicyclic) bond motifs is 1. The highest BCUT2D eigenvalue weighted by molar-refractivity contribution is 6.10. The van der Waals surface area contributed by atoms with Crippen LogP contribution in [0.15, 0.2) is 66.1 Å². The number of nitrogens with zero attached hydrogens (tertiary/aromatic N) is 4. The van der Waals surface area contributed by atoms with Crippen molar-refractivity contribution in [3.63, 3.8) is 0 Å². The molecule has 0 radical (unpaired) electrons. The van der Waals surface area contributed by atoms with Crippen molar-refractivity contribution in [1.29, 1.82) is 0 Å². The number of carbonyl (C=O) groups is 1. The largest absolute Gasteiger partial charge is 0.282 e. The van der Waals surface area contributed by atoms with Gasteiger partial charge in [-0.2, -0.15) is 5.10 Å². The molecule has 0 bridgehead atoms. The molecule has 0 spiro atoms. The molecule has 2 aromatic rings. The highest BCUT2D eigenvalue weighted by Crippen LogP contribution is 2.09. The Bertz CT molecular complexity index is 765. The van der Waals surface area contributed by atoms with E-state index < -0.39 is 0 Å². The van der Waals surface area contributed by atoms with Crippen molar-refractivity contribution in [3.8, 4) is 0 Å². The van der Waals surface area contributed by atoms with E-state index in [0.717, 1.165) is 0 Å². The fourth-order valence-electron chi connectivity index (χ4n) is 1.88. The summed E-state index contributed by atoms with van der Waals surface area (Å²) in [4.78, 5) is 20.5. The fourth-order valence-corrected chi connectivity index (χ4v) is 1.88. The van der Waals surface area contributed by atoms with Gasteiger partial charge in [-0.15, -0.1) is 0 Å². The fraction of sp³-hybridized carbons (Fsp3) is 0.0667. The lowest BCUT2D eigenvalue weighted by Crippen LogP contribution is -2.02. The number of rotatable bonds is 1. The monoisotopic (exact) mass is 264 g/mol. The van der Waals surface area contributed by atoms with Crippen LogP contribution in [-0.4, -0.2) is 26.2 Å². The molecule has 1 amide bonds. The molecule has 0 saturated heterocycles. The second kappa shape index (κ2) is 5.44. The van der Waals surface area contributed by atoms with E-state index in [1.165, 1.54) is 6.20 Å². The van der Waals surface area contributed by atoms with Crippen molar-refractivity contribution >= 4 is 17.3 Å². The average molecular weight is 264 g/mol. The van der Waals surface area contributed by atoms with Crippen molar-refractivity contribution in [2.24, 2.45) is 4.99 Å². The van der Waals surface area contributed by atoms with Crippen LogP contribution in [0.25, 0.3) is 5.65 Å². The Kier molecular flexibility index (Phi) is 3.33. The highest BCUT2D eigenvalue weighted by Gasteiger charge is 2.13. The Morgan fingerprint density at radius 1 is 1.25 bits per heavy atom. The summed E-state index contributed by atoms with van der Waals surface area (Å²) < 4.78 is 1.56. The molecule has 3 rings (SSSR count). The molecule has 0 N–H and O–H groups in total. The normalized spacial score (nSPS) is 16.5. The zero-order valence-electron chi connectivity index (χ0n) is 10.7.